The molecule has 3 heterocycles. The van der Waals surface area contributed by atoms with E-state index in [0.29, 0.717) is 30.0 Å². The Morgan fingerprint density at radius 3 is 2.61 bits per heavy atom. The average Bonchev–Trinajstić information content (AvgIpc) is 3.20. The summed E-state index contributed by atoms with van der Waals surface area (Å²) in [5.74, 6) is 0.766. The summed E-state index contributed by atoms with van der Waals surface area (Å²) >= 11 is 0. The highest BCUT2D eigenvalue weighted by atomic mass is 16.7. The fraction of sp³-hybridized carbons (Fsp3) is 0.190. The summed E-state index contributed by atoms with van der Waals surface area (Å²) in [7, 11) is 0. The first-order valence-corrected chi connectivity index (χ1v) is 8.90. The van der Waals surface area contributed by atoms with Gasteiger partial charge in [0.15, 0.2) is 11.5 Å². The van der Waals surface area contributed by atoms with E-state index in [1.807, 2.05) is 36.4 Å². The minimum atomic E-state index is -1.15. The van der Waals surface area contributed by atoms with Crippen molar-refractivity contribution < 1.29 is 14.3 Å². The van der Waals surface area contributed by atoms with E-state index in [0.717, 1.165) is 11.1 Å². The number of rotatable bonds is 7. The predicted molar refractivity (Wildman–Crippen MR) is 102 cm³/mol. The van der Waals surface area contributed by atoms with Crippen LogP contribution < -0.4 is 20.5 Å². The molecule has 28 heavy (non-hydrogen) atoms. The van der Waals surface area contributed by atoms with E-state index in [2.05, 4.69) is 15.3 Å². The van der Waals surface area contributed by atoms with Gasteiger partial charge in [-0.2, -0.15) is 0 Å². The van der Waals surface area contributed by atoms with E-state index in [-0.39, 0.29) is 6.79 Å². The van der Waals surface area contributed by atoms with Gasteiger partial charge in [-0.15, -0.1) is 0 Å². The highest BCUT2D eigenvalue weighted by molar-refractivity contribution is 5.87. The van der Waals surface area contributed by atoms with E-state index in [9.17, 15) is 4.79 Å². The molecule has 1 aromatic carbocycles. The Bertz CT molecular complexity index is 966. The molecule has 7 nitrogen and oxygen atoms in total. The van der Waals surface area contributed by atoms with E-state index >= 15 is 0 Å². The van der Waals surface area contributed by atoms with Gasteiger partial charge in [0, 0.05) is 37.8 Å². The number of hydrogen-bond acceptors (Lipinski definition) is 6. The lowest BCUT2D eigenvalue weighted by Gasteiger charge is -2.33. The second-order valence-corrected chi connectivity index (χ2v) is 6.58. The number of nitrogens with two attached hydrogens (primary N) is 1. The number of nitrogens with one attached hydrogen (secondary N) is 1. The molecule has 1 unspecified atom stereocenters. The molecule has 0 saturated heterocycles. The number of pyridine rings is 2. The highest BCUT2D eigenvalue weighted by Crippen LogP contribution is 2.37. The molecular weight excluding hydrogens is 356 g/mol. The normalized spacial score (nSPS) is 14.4. The minimum Gasteiger partial charge on any atom is -0.454 e. The smallest absolute Gasteiger partial charge is 0.242 e. The largest absolute Gasteiger partial charge is 0.454 e. The molecule has 1 atom stereocenters. The predicted octanol–water partition coefficient (Wildman–Crippen LogP) is 1.92. The summed E-state index contributed by atoms with van der Waals surface area (Å²) in [6.07, 6.45) is 7.20. The number of fused-ring (bicyclic) bond motifs is 1. The molecule has 3 aromatic rings. The SMILES string of the molecule is NC(=O)C(Cc1cccnc1)(NCc1ccncc1)c1ccc2c(c1)OCO2. The summed E-state index contributed by atoms with van der Waals surface area (Å²) in [6, 6.07) is 13.0. The molecule has 4 rings (SSSR count). The van der Waals surface area contributed by atoms with Crippen LogP contribution in [-0.2, 0) is 23.3 Å². The second kappa shape index (κ2) is 7.66. The van der Waals surface area contributed by atoms with Crippen LogP contribution in [0.5, 0.6) is 11.5 Å². The fourth-order valence-electron chi connectivity index (χ4n) is 3.31. The molecule has 3 N–H and O–H groups in total. The van der Waals surface area contributed by atoms with Crippen LogP contribution in [0.25, 0.3) is 0 Å². The van der Waals surface area contributed by atoms with E-state index in [1.54, 1.807) is 30.9 Å². The number of carbonyl (C=O) groups excluding carboxylic acids is 1. The zero-order valence-corrected chi connectivity index (χ0v) is 15.2. The Labute approximate surface area is 162 Å². The molecule has 0 fully saturated rings. The van der Waals surface area contributed by atoms with Crippen molar-refractivity contribution in [2.75, 3.05) is 6.79 Å². The van der Waals surface area contributed by atoms with Gasteiger partial charge in [0.1, 0.15) is 5.54 Å². The number of primary amides is 1. The lowest BCUT2D eigenvalue weighted by atomic mass is 9.82. The van der Waals surface area contributed by atoms with Crippen molar-refractivity contribution in [1.82, 2.24) is 15.3 Å². The van der Waals surface area contributed by atoms with Gasteiger partial charge in [-0.3, -0.25) is 20.1 Å². The van der Waals surface area contributed by atoms with Gasteiger partial charge >= 0.3 is 0 Å². The Hall–Kier alpha value is -3.45. The third-order valence-corrected chi connectivity index (χ3v) is 4.82. The third kappa shape index (κ3) is 3.52. The maximum atomic E-state index is 12.8. The van der Waals surface area contributed by atoms with Crippen LogP contribution in [-0.4, -0.2) is 22.7 Å². The summed E-state index contributed by atoms with van der Waals surface area (Å²) < 4.78 is 10.9. The van der Waals surface area contributed by atoms with Crippen LogP contribution in [0.4, 0.5) is 0 Å². The van der Waals surface area contributed by atoms with Gasteiger partial charge in [-0.1, -0.05) is 12.1 Å². The third-order valence-electron chi connectivity index (χ3n) is 4.82. The number of ether oxygens (including phenoxy) is 2. The minimum absolute atomic E-state index is 0.162. The van der Waals surface area contributed by atoms with Crippen molar-refractivity contribution in [1.29, 1.82) is 0 Å². The van der Waals surface area contributed by atoms with E-state index in [4.69, 9.17) is 15.2 Å². The van der Waals surface area contributed by atoms with Gasteiger partial charge in [0.05, 0.1) is 0 Å². The molecule has 0 radical (unpaired) electrons. The molecule has 0 saturated carbocycles. The number of benzene rings is 1. The Balaban J connectivity index is 1.74. The average molecular weight is 376 g/mol. The summed E-state index contributed by atoms with van der Waals surface area (Å²) in [5, 5.41) is 3.38. The van der Waals surface area contributed by atoms with Crippen LogP contribution in [0, 0.1) is 0 Å². The number of hydrogen-bond donors (Lipinski definition) is 2. The summed E-state index contributed by atoms with van der Waals surface area (Å²) in [6.45, 7) is 0.607. The van der Waals surface area contributed by atoms with Crippen LogP contribution >= 0.6 is 0 Å². The first kappa shape index (κ1) is 17.9. The first-order chi connectivity index (χ1) is 13.7. The molecule has 7 heteroatoms. The summed E-state index contributed by atoms with van der Waals surface area (Å²) in [5.41, 5.74) is 7.40. The second-order valence-electron chi connectivity index (χ2n) is 6.58. The monoisotopic (exact) mass is 376 g/mol. The maximum absolute atomic E-state index is 12.8. The van der Waals surface area contributed by atoms with Crippen molar-refractivity contribution in [2.24, 2.45) is 5.73 Å². The molecule has 1 aliphatic rings. The maximum Gasteiger partial charge on any atom is 0.242 e. The van der Waals surface area contributed by atoms with E-state index in [1.165, 1.54) is 0 Å². The van der Waals surface area contributed by atoms with Crippen LogP contribution in [0.15, 0.2) is 67.3 Å². The van der Waals surface area contributed by atoms with Gasteiger partial charge < -0.3 is 15.2 Å². The zero-order chi connectivity index (χ0) is 19.4. The molecule has 1 aliphatic heterocycles. The van der Waals surface area contributed by atoms with Crippen molar-refractivity contribution in [2.45, 2.75) is 18.5 Å². The number of aromatic nitrogens is 2. The zero-order valence-electron chi connectivity index (χ0n) is 15.2. The topological polar surface area (TPSA) is 99.4 Å². The summed E-state index contributed by atoms with van der Waals surface area (Å²) in [4.78, 5) is 21.0. The molecule has 0 bridgehead atoms. The van der Waals surface area contributed by atoms with Crippen LogP contribution in [0.1, 0.15) is 16.7 Å². The Morgan fingerprint density at radius 2 is 1.86 bits per heavy atom. The highest BCUT2D eigenvalue weighted by Gasteiger charge is 2.39. The number of nitrogens with zero attached hydrogens (tertiary/aromatic N) is 2. The quantitative estimate of drug-likeness (QED) is 0.654. The molecule has 0 aliphatic carbocycles. The molecular formula is C21H20N4O3. The number of carbonyl (C=O) groups is 1. The van der Waals surface area contributed by atoms with Crippen LogP contribution in [0.3, 0.4) is 0 Å². The first-order valence-electron chi connectivity index (χ1n) is 8.90. The lowest BCUT2D eigenvalue weighted by molar-refractivity contribution is -0.125. The number of amides is 1. The van der Waals surface area contributed by atoms with Gasteiger partial charge in [-0.05, 0) is 47.0 Å². The van der Waals surface area contributed by atoms with E-state index < -0.39 is 11.4 Å². The molecule has 2 aromatic heterocycles. The van der Waals surface area contributed by atoms with Crippen molar-refractivity contribution in [3.8, 4) is 11.5 Å². The Kier molecular flexibility index (Phi) is 4.90. The van der Waals surface area contributed by atoms with Crippen LogP contribution in [0.2, 0.25) is 0 Å². The standard InChI is InChI=1S/C21H20N4O3/c22-20(26)21(11-16-2-1-7-24-12-16,25-13-15-5-8-23-9-6-15)17-3-4-18-19(10-17)28-14-27-18/h1-10,12,25H,11,13-14H2,(H2,22,26). The molecule has 1 amide bonds. The fourth-order valence-corrected chi connectivity index (χ4v) is 3.31. The van der Waals surface area contributed by atoms with Crippen molar-refractivity contribution >= 4 is 5.91 Å². The van der Waals surface area contributed by atoms with Gasteiger partial charge in [0.2, 0.25) is 12.7 Å². The molecule has 142 valence electrons. The lowest BCUT2D eigenvalue weighted by Crippen LogP contribution is -2.54. The Morgan fingerprint density at radius 1 is 1.04 bits per heavy atom. The van der Waals surface area contributed by atoms with Crippen molar-refractivity contribution in [3.63, 3.8) is 0 Å². The van der Waals surface area contributed by atoms with Gasteiger partial charge in [-0.25, -0.2) is 0 Å². The molecule has 0 spiro atoms. The van der Waals surface area contributed by atoms with Crippen molar-refractivity contribution in [3.05, 3.63) is 83.9 Å². The van der Waals surface area contributed by atoms with Gasteiger partial charge in [0.25, 0.3) is 0 Å².